The van der Waals surface area contributed by atoms with Crippen LogP contribution in [0.1, 0.15) is 182 Å². The molecule has 4 aliphatic rings. The maximum atomic E-state index is 7.29. The van der Waals surface area contributed by atoms with Gasteiger partial charge in [0.1, 0.15) is 11.2 Å². The average molecular weight is 1130 g/mol. The summed E-state index contributed by atoms with van der Waals surface area (Å²) in [6.07, 6.45) is 2.30. The molecule has 15 rings (SSSR count). The molecule has 9 aromatic carbocycles. The van der Waals surface area contributed by atoms with Crippen LogP contribution in [0.25, 0.3) is 71.7 Å². The molecule has 2 aromatic heterocycles. The summed E-state index contributed by atoms with van der Waals surface area (Å²) in [5, 5.41) is 5.01. The Balaban J connectivity index is 1.11. The number of benzene rings is 9. The second-order valence-corrected chi connectivity index (χ2v) is 32.1. The van der Waals surface area contributed by atoms with Crippen LogP contribution in [0.5, 0.6) is 0 Å². The van der Waals surface area contributed by atoms with Crippen LogP contribution in [0.3, 0.4) is 0 Å². The predicted octanol–water partition coefficient (Wildman–Crippen LogP) is 21.2. The molecule has 2 aliphatic carbocycles. The van der Waals surface area contributed by atoms with Crippen LogP contribution >= 0.6 is 0 Å². The van der Waals surface area contributed by atoms with E-state index >= 15 is 0 Å². The Morgan fingerprint density at radius 2 is 0.977 bits per heavy atom. The van der Waals surface area contributed by atoms with Gasteiger partial charge >= 0.3 is 6.85 Å². The van der Waals surface area contributed by atoms with E-state index in [1.807, 2.05) is 0 Å². The number of rotatable bonds is 4. The van der Waals surface area contributed by atoms with E-state index in [1.165, 1.54) is 127 Å². The van der Waals surface area contributed by atoms with Crippen molar-refractivity contribution in [3.63, 3.8) is 0 Å². The lowest BCUT2D eigenvalue weighted by Gasteiger charge is -2.43. The fraction of sp³-hybridized carbons (Fsp3) is 0.333. The molecule has 2 aliphatic heterocycles. The van der Waals surface area contributed by atoms with Gasteiger partial charge in [0.05, 0.1) is 11.0 Å². The smallest absolute Gasteiger partial charge is 0.333 e. The molecule has 0 atom stereocenters. The molecular weight excluding hydrogens is 1040 g/mol. The molecule has 86 heavy (non-hydrogen) atoms. The van der Waals surface area contributed by atoms with Gasteiger partial charge in [-0.05, 0) is 190 Å². The van der Waals surface area contributed by atoms with Gasteiger partial charge in [-0.1, -0.05) is 203 Å². The van der Waals surface area contributed by atoms with Crippen LogP contribution in [-0.2, 0) is 37.9 Å². The number of aromatic nitrogens is 1. The molecule has 0 radical (unpaired) electrons. The van der Waals surface area contributed by atoms with E-state index in [1.54, 1.807) is 0 Å². The standard InChI is InChI=1S/C81H84BN3O/c1-75(2,3)47-23-30-51(31-24-47)83(52-32-25-48(26-33-52)76(4,5)6)54-36-37-56-65(42-54)84-64-38-29-50(78(10,11)12)41-63(64)82-73-70(69-55-21-19-20-22-60(55)81(17,18)72(69)71(56)74(73)84)59-43-57-58-44-61-62(80(15,16)40-39-79(61,13)14)45-67(58)86-68(57)46-66(59)85(82)53-34-27-49(28-35-53)77(7,8)9/h19-38,41-46H,39-40H2,1-18H3. The van der Waals surface area contributed by atoms with Crippen LogP contribution in [0.4, 0.5) is 28.4 Å². The SMILES string of the molecule is CC(C)(C)c1ccc(N2B3c4cc(C(C)(C)C)ccc4-n4c5cc(N(c6ccc(C(C)(C)C)cc6)c6ccc(C(C)(C)C)cc6)ccc5c5c6c(c(c3c54)-c3cc4c(cc32)oc2cc3c(cc24)C(C)(C)CCC3(C)C)-c2ccccc2C6(C)C)cc1. The Morgan fingerprint density at radius 3 is 1.57 bits per heavy atom. The summed E-state index contributed by atoms with van der Waals surface area (Å²) in [4.78, 5) is 5.20. The first-order chi connectivity index (χ1) is 40.4. The van der Waals surface area contributed by atoms with Gasteiger partial charge in [0.2, 0.25) is 0 Å². The van der Waals surface area contributed by atoms with Crippen molar-refractivity contribution >= 4 is 90.0 Å². The number of hydrogen-bond acceptors (Lipinski definition) is 3. The van der Waals surface area contributed by atoms with Crippen molar-refractivity contribution in [3.8, 4) is 27.9 Å². The third kappa shape index (κ3) is 7.87. The quantitative estimate of drug-likeness (QED) is 0.164. The lowest BCUT2D eigenvalue weighted by atomic mass is 9.43. The van der Waals surface area contributed by atoms with E-state index in [4.69, 9.17) is 4.42 Å². The van der Waals surface area contributed by atoms with Crippen molar-refractivity contribution in [2.75, 3.05) is 9.71 Å². The Kier molecular flexibility index (Phi) is 11.3. The molecule has 0 amide bonds. The lowest BCUT2D eigenvalue weighted by Crippen LogP contribution is -2.61. The Morgan fingerprint density at radius 1 is 0.453 bits per heavy atom. The fourth-order valence-corrected chi connectivity index (χ4v) is 15.9. The summed E-state index contributed by atoms with van der Waals surface area (Å²) in [7, 11) is 0. The Hall–Kier alpha value is -7.76. The molecule has 432 valence electrons. The molecule has 5 heteroatoms. The summed E-state index contributed by atoms with van der Waals surface area (Å²) >= 11 is 0. The molecule has 4 nitrogen and oxygen atoms in total. The summed E-state index contributed by atoms with van der Waals surface area (Å²) < 4.78 is 10.00. The fourth-order valence-electron chi connectivity index (χ4n) is 15.9. The third-order valence-corrected chi connectivity index (χ3v) is 21.0. The molecule has 0 N–H and O–H groups in total. The molecule has 11 aromatic rings. The van der Waals surface area contributed by atoms with Gasteiger partial charge in [-0.15, -0.1) is 0 Å². The van der Waals surface area contributed by atoms with Crippen molar-refractivity contribution in [1.29, 1.82) is 0 Å². The number of anilines is 5. The Labute approximate surface area is 511 Å². The molecule has 0 spiro atoms. The summed E-state index contributed by atoms with van der Waals surface area (Å²) in [6.45, 7) is 42.4. The van der Waals surface area contributed by atoms with E-state index in [-0.39, 0.29) is 44.8 Å². The number of fused-ring (bicyclic) bond motifs is 17. The van der Waals surface area contributed by atoms with Crippen LogP contribution in [0.15, 0.2) is 162 Å². The highest BCUT2D eigenvalue weighted by Crippen LogP contribution is 2.60. The van der Waals surface area contributed by atoms with Crippen molar-refractivity contribution in [1.82, 2.24) is 4.57 Å². The largest absolute Gasteiger partial charge is 0.456 e. The van der Waals surface area contributed by atoms with Gasteiger partial charge in [-0.2, -0.15) is 0 Å². The van der Waals surface area contributed by atoms with Crippen LogP contribution in [0, 0.1) is 0 Å². The zero-order valence-electron chi connectivity index (χ0n) is 54.3. The van der Waals surface area contributed by atoms with E-state index in [2.05, 4.69) is 297 Å². The topological polar surface area (TPSA) is 24.6 Å². The van der Waals surface area contributed by atoms with Gasteiger partial charge in [-0.25, -0.2) is 0 Å². The summed E-state index contributed by atoms with van der Waals surface area (Å²) in [5.41, 5.74) is 30.0. The monoisotopic (exact) mass is 1130 g/mol. The molecule has 4 heterocycles. The van der Waals surface area contributed by atoms with E-state index in [0.717, 1.165) is 41.1 Å². The van der Waals surface area contributed by atoms with Crippen molar-refractivity contribution < 1.29 is 4.42 Å². The van der Waals surface area contributed by atoms with Crippen molar-refractivity contribution in [2.45, 2.75) is 175 Å². The number of hydrogen-bond donors (Lipinski definition) is 0. The van der Waals surface area contributed by atoms with Gasteiger partial charge in [-0.3, -0.25) is 0 Å². The normalized spacial score (nSPS) is 16.4. The third-order valence-electron chi connectivity index (χ3n) is 21.0. The molecule has 0 saturated carbocycles. The molecule has 0 saturated heterocycles. The van der Waals surface area contributed by atoms with E-state index in [0.29, 0.717) is 0 Å². The minimum atomic E-state index is -0.329. The van der Waals surface area contributed by atoms with E-state index in [9.17, 15) is 0 Å². The highest BCUT2D eigenvalue weighted by atomic mass is 16.3. The summed E-state index contributed by atoms with van der Waals surface area (Å²) in [6, 6.07) is 62.3. The highest BCUT2D eigenvalue weighted by Gasteiger charge is 2.50. The van der Waals surface area contributed by atoms with Gasteiger partial charge in [0.25, 0.3) is 0 Å². The predicted molar refractivity (Wildman–Crippen MR) is 369 cm³/mol. The zero-order chi connectivity index (χ0) is 60.5. The minimum Gasteiger partial charge on any atom is -0.456 e. The van der Waals surface area contributed by atoms with Gasteiger partial charge in [0, 0.05) is 72.7 Å². The summed E-state index contributed by atoms with van der Waals surface area (Å²) in [5.74, 6) is 0. The maximum absolute atomic E-state index is 7.29. The number of furan rings is 1. The van der Waals surface area contributed by atoms with Crippen molar-refractivity contribution in [3.05, 3.63) is 202 Å². The first kappa shape index (κ1) is 54.9. The zero-order valence-corrected chi connectivity index (χ0v) is 54.3. The Bertz CT molecular complexity index is 4630. The highest BCUT2D eigenvalue weighted by molar-refractivity contribution is 6.94. The molecule has 0 bridgehead atoms. The second kappa shape index (κ2) is 17.7. The minimum absolute atomic E-state index is 0.0131. The van der Waals surface area contributed by atoms with Crippen LogP contribution in [-0.4, -0.2) is 11.4 Å². The second-order valence-electron chi connectivity index (χ2n) is 32.1. The average Bonchev–Trinajstić information content (AvgIpc) is 1.42. The van der Waals surface area contributed by atoms with Gasteiger partial charge < -0.3 is 18.7 Å². The molecular formula is C81H84BN3O. The van der Waals surface area contributed by atoms with Crippen molar-refractivity contribution in [2.24, 2.45) is 0 Å². The first-order valence-corrected chi connectivity index (χ1v) is 31.8. The van der Waals surface area contributed by atoms with Gasteiger partial charge in [0.15, 0.2) is 0 Å². The van der Waals surface area contributed by atoms with Crippen LogP contribution < -0.4 is 20.6 Å². The van der Waals surface area contributed by atoms with E-state index < -0.39 is 0 Å². The lowest BCUT2D eigenvalue weighted by molar-refractivity contribution is 0.332. The molecule has 0 unspecified atom stereocenters. The molecule has 0 fully saturated rings. The number of nitrogens with zero attached hydrogens (tertiary/aromatic N) is 3. The first-order valence-electron chi connectivity index (χ1n) is 31.8. The van der Waals surface area contributed by atoms with Crippen LogP contribution in [0.2, 0.25) is 0 Å². The maximum Gasteiger partial charge on any atom is 0.333 e.